The van der Waals surface area contributed by atoms with E-state index in [2.05, 4.69) is 12.1 Å². The molecule has 0 bridgehead atoms. The molecule has 1 N–H and O–H groups in total. The van der Waals surface area contributed by atoms with Crippen molar-refractivity contribution in [1.29, 1.82) is 0 Å². The number of likely N-dealkylation sites (tertiary alicyclic amines) is 1. The number of fused-ring (bicyclic) bond motifs is 1. The van der Waals surface area contributed by atoms with E-state index in [1.165, 1.54) is 29.8 Å². The number of carbonyl (C=O) groups excluding carboxylic acids is 1. The number of aliphatic imine (C=N–C) groups is 1. The molecule has 30 heavy (non-hydrogen) atoms. The molecular weight excluding hydrogens is 383 g/mol. The maximum absolute atomic E-state index is 13.2. The predicted octanol–water partition coefficient (Wildman–Crippen LogP) is 3.81. The number of halogens is 1. The fraction of sp³-hybridized carbons (Fsp3) is 0.375. The first kappa shape index (κ1) is 20.3. The average molecular weight is 408 g/mol. The lowest BCUT2D eigenvalue weighted by atomic mass is 9.78. The van der Waals surface area contributed by atoms with Crippen LogP contribution in [-0.4, -0.2) is 47.2 Å². The van der Waals surface area contributed by atoms with Crippen molar-refractivity contribution in [2.75, 3.05) is 19.6 Å². The number of benzene rings is 2. The molecule has 156 valence electrons. The van der Waals surface area contributed by atoms with E-state index in [0.29, 0.717) is 31.5 Å². The van der Waals surface area contributed by atoms with Crippen LogP contribution >= 0.6 is 0 Å². The zero-order valence-corrected chi connectivity index (χ0v) is 16.8. The summed E-state index contributed by atoms with van der Waals surface area (Å²) in [6, 6.07) is 13.8. The number of rotatable bonds is 5. The van der Waals surface area contributed by atoms with E-state index >= 15 is 0 Å². The molecule has 2 atom stereocenters. The molecule has 2 heterocycles. The monoisotopic (exact) mass is 408 g/mol. The van der Waals surface area contributed by atoms with Crippen molar-refractivity contribution in [3.05, 3.63) is 71.0 Å². The van der Waals surface area contributed by atoms with Gasteiger partial charge in [-0.2, -0.15) is 0 Å². The zero-order chi connectivity index (χ0) is 21.1. The minimum absolute atomic E-state index is 0.00319. The second kappa shape index (κ2) is 8.78. The van der Waals surface area contributed by atoms with E-state index in [0.717, 1.165) is 24.2 Å². The largest absolute Gasteiger partial charge is 0.481 e. The molecule has 1 fully saturated rings. The highest BCUT2D eigenvalue weighted by Gasteiger charge is 2.34. The van der Waals surface area contributed by atoms with Crippen LogP contribution < -0.4 is 0 Å². The molecule has 0 spiro atoms. The molecule has 1 saturated heterocycles. The third-order valence-electron chi connectivity index (χ3n) is 6.17. The van der Waals surface area contributed by atoms with Gasteiger partial charge in [0, 0.05) is 37.3 Å². The van der Waals surface area contributed by atoms with Gasteiger partial charge in [-0.05, 0) is 66.5 Å². The van der Waals surface area contributed by atoms with Crippen LogP contribution in [0.3, 0.4) is 0 Å². The molecule has 2 unspecified atom stereocenters. The molecule has 0 aliphatic carbocycles. The van der Waals surface area contributed by atoms with Gasteiger partial charge in [-0.15, -0.1) is 0 Å². The smallest absolute Gasteiger partial charge is 0.303 e. The standard InChI is InChI=1S/C24H25FN2O3/c25-20-7-5-17(6-8-20)24(30)27-12-10-18(14-23(28)29)19(15-27)13-22-21-4-2-1-3-16(21)9-11-26-22/h1-8,18-19H,9-15H2,(H,28,29). The second-order valence-electron chi connectivity index (χ2n) is 8.10. The molecular formula is C24H25FN2O3. The molecule has 2 aromatic rings. The quantitative estimate of drug-likeness (QED) is 0.818. The van der Waals surface area contributed by atoms with Crippen molar-refractivity contribution >= 4 is 17.6 Å². The molecule has 2 aliphatic heterocycles. The molecule has 0 radical (unpaired) electrons. The summed E-state index contributed by atoms with van der Waals surface area (Å²) >= 11 is 0. The number of carboxylic acid groups (broad SMARTS) is 1. The summed E-state index contributed by atoms with van der Waals surface area (Å²) in [5.41, 5.74) is 3.87. The minimum atomic E-state index is -0.811. The number of aliphatic carboxylic acids is 1. The lowest BCUT2D eigenvalue weighted by molar-refractivity contribution is -0.138. The summed E-state index contributed by atoms with van der Waals surface area (Å²) in [4.78, 5) is 30.9. The first-order valence-corrected chi connectivity index (χ1v) is 10.4. The predicted molar refractivity (Wildman–Crippen MR) is 112 cm³/mol. The highest BCUT2D eigenvalue weighted by Crippen LogP contribution is 2.32. The Kier molecular flexibility index (Phi) is 5.93. The second-order valence-corrected chi connectivity index (χ2v) is 8.10. The molecule has 5 nitrogen and oxygen atoms in total. The number of amides is 1. The fourth-order valence-corrected chi connectivity index (χ4v) is 4.60. The van der Waals surface area contributed by atoms with Gasteiger partial charge in [-0.1, -0.05) is 24.3 Å². The molecule has 0 saturated carbocycles. The molecule has 2 aliphatic rings. The van der Waals surface area contributed by atoms with E-state index in [1.54, 1.807) is 4.90 Å². The number of carbonyl (C=O) groups is 2. The van der Waals surface area contributed by atoms with Crippen LogP contribution in [0.4, 0.5) is 4.39 Å². The maximum atomic E-state index is 13.2. The third-order valence-corrected chi connectivity index (χ3v) is 6.17. The Morgan fingerprint density at radius 1 is 1.10 bits per heavy atom. The van der Waals surface area contributed by atoms with Crippen LogP contribution in [0.25, 0.3) is 0 Å². The average Bonchev–Trinajstić information content (AvgIpc) is 2.75. The Morgan fingerprint density at radius 3 is 2.63 bits per heavy atom. The van der Waals surface area contributed by atoms with Gasteiger partial charge in [-0.25, -0.2) is 4.39 Å². The van der Waals surface area contributed by atoms with E-state index in [1.807, 2.05) is 12.1 Å². The molecule has 4 rings (SSSR count). The van der Waals surface area contributed by atoms with Gasteiger partial charge in [-0.3, -0.25) is 14.6 Å². The topological polar surface area (TPSA) is 70.0 Å². The first-order valence-electron chi connectivity index (χ1n) is 10.4. The van der Waals surface area contributed by atoms with Gasteiger partial charge in [0.1, 0.15) is 5.82 Å². The molecule has 0 aromatic heterocycles. The van der Waals surface area contributed by atoms with Crippen LogP contribution in [0.5, 0.6) is 0 Å². The summed E-state index contributed by atoms with van der Waals surface area (Å²) in [5, 5.41) is 9.38. The van der Waals surface area contributed by atoms with Crippen molar-refractivity contribution < 1.29 is 19.1 Å². The summed E-state index contributed by atoms with van der Waals surface area (Å²) in [6.45, 7) is 1.73. The Morgan fingerprint density at radius 2 is 1.87 bits per heavy atom. The van der Waals surface area contributed by atoms with Crippen molar-refractivity contribution in [3.63, 3.8) is 0 Å². The molecule has 1 amide bonds. The van der Waals surface area contributed by atoms with Gasteiger partial charge >= 0.3 is 5.97 Å². The van der Waals surface area contributed by atoms with Crippen molar-refractivity contribution in [3.8, 4) is 0 Å². The summed E-state index contributed by atoms with van der Waals surface area (Å²) in [6.07, 6.45) is 2.30. The Balaban J connectivity index is 1.54. The Bertz CT molecular complexity index is 971. The van der Waals surface area contributed by atoms with Crippen LogP contribution in [-0.2, 0) is 11.2 Å². The zero-order valence-electron chi connectivity index (χ0n) is 16.8. The van der Waals surface area contributed by atoms with Crippen molar-refractivity contribution in [2.45, 2.75) is 25.7 Å². The summed E-state index contributed by atoms with van der Waals surface area (Å²) in [7, 11) is 0. The number of piperidine rings is 1. The summed E-state index contributed by atoms with van der Waals surface area (Å²) < 4.78 is 13.2. The minimum Gasteiger partial charge on any atom is -0.481 e. The van der Waals surface area contributed by atoms with E-state index in [9.17, 15) is 19.1 Å². The highest BCUT2D eigenvalue weighted by atomic mass is 19.1. The number of carboxylic acids is 1. The third kappa shape index (κ3) is 4.42. The van der Waals surface area contributed by atoms with Crippen molar-refractivity contribution in [1.82, 2.24) is 4.90 Å². The van der Waals surface area contributed by atoms with E-state index < -0.39 is 5.97 Å². The van der Waals surface area contributed by atoms with Gasteiger partial charge in [0.15, 0.2) is 0 Å². The SMILES string of the molecule is O=C(O)CC1CCN(C(=O)c2ccc(F)cc2)CC1CC1=NCCc2ccccc21. The normalized spacial score (nSPS) is 21.0. The molecule has 2 aromatic carbocycles. The van der Waals surface area contributed by atoms with E-state index in [-0.39, 0.29) is 30.0 Å². The van der Waals surface area contributed by atoms with Crippen LogP contribution in [0.2, 0.25) is 0 Å². The maximum Gasteiger partial charge on any atom is 0.303 e. The van der Waals surface area contributed by atoms with Gasteiger partial charge < -0.3 is 10.0 Å². The highest BCUT2D eigenvalue weighted by molar-refractivity contribution is 6.02. The lowest BCUT2D eigenvalue weighted by Crippen LogP contribution is -2.45. The Labute approximate surface area is 175 Å². The van der Waals surface area contributed by atoms with Crippen LogP contribution in [0.15, 0.2) is 53.5 Å². The van der Waals surface area contributed by atoms with E-state index in [4.69, 9.17) is 4.99 Å². The van der Waals surface area contributed by atoms with Crippen molar-refractivity contribution in [2.24, 2.45) is 16.8 Å². The van der Waals surface area contributed by atoms with Gasteiger partial charge in [0.05, 0.1) is 0 Å². The Hall–Kier alpha value is -3.02. The lowest BCUT2D eigenvalue weighted by Gasteiger charge is -2.39. The van der Waals surface area contributed by atoms with Crippen LogP contribution in [0.1, 0.15) is 40.7 Å². The van der Waals surface area contributed by atoms with Gasteiger partial charge in [0.2, 0.25) is 0 Å². The number of hydrogen-bond donors (Lipinski definition) is 1. The fourth-order valence-electron chi connectivity index (χ4n) is 4.60. The number of nitrogens with zero attached hydrogens (tertiary/aromatic N) is 2. The molecule has 6 heteroatoms. The van der Waals surface area contributed by atoms with Gasteiger partial charge in [0.25, 0.3) is 5.91 Å². The number of hydrogen-bond acceptors (Lipinski definition) is 3. The summed E-state index contributed by atoms with van der Waals surface area (Å²) in [5.74, 6) is -1.31. The first-order chi connectivity index (χ1) is 14.5. The van der Waals surface area contributed by atoms with Crippen LogP contribution in [0, 0.1) is 17.7 Å².